The summed E-state index contributed by atoms with van der Waals surface area (Å²) in [6.07, 6.45) is 4.72. The lowest BCUT2D eigenvalue weighted by atomic mass is 10.2. The molecular weight excluding hydrogens is 290 g/mol. The molecule has 0 aliphatic heterocycles. The number of sulfonamides is 1. The molecule has 21 heavy (non-hydrogen) atoms. The van der Waals surface area contributed by atoms with Crippen molar-refractivity contribution >= 4 is 26.6 Å². The standard InChI is InChI=1S/C13H15N5O2S/c1-18(8-13-15-4-5-16-13)21(19,20)12-7-17-11-3-2-9(14)6-10(11)12/h2-7,17H,8,14H2,1H3,(H,15,16). The molecular formula is C13H15N5O2S. The van der Waals surface area contributed by atoms with E-state index in [2.05, 4.69) is 15.0 Å². The highest BCUT2D eigenvalue weighted by Gasteiger charge is 2.25. The van der Waals surface area contributed by atoms with Crippen molar-refractivity contribution in [3.05, 3.63) is 42.6 Å². The van der Waals surface area contributed by atoms with Gasteiger partial charge in [0.2, 0.25) is 10.0 Å². The molecule has 0 bridgehead atoms. The molecule has 3 aromatic rings. The summed E-state index contributed by atoms with van der Waals surface area (Å²) in [4.78, 5) is 10.1. The van der Waals surface area contributed by atoms with E-state index < -0.39 is 10.0 Å². The number of H-pyrrole nitrogens is 2. The zero-order chi connectivity index (χ0) is 15.0. The van der Waals surface area contributed by atoms with Gasteiger partial charge in [-0.3, -0.25) is 0 Å². The molecule has 2 heterocycles. The van der Waals surface area contributed by atoms with Crippen molar-refractivity contribution in [1.82, 2.24) is 19.3 Å². The summed E-state index contributed by atoms with van der Waals surface area (Å²) in [5.74, 6) is 0.584. The van der Waals surface area contributed by atoms with E-state index in [0.717, 1.165) is 5.52 Å². The van der Waals surface area contributed by atoms with E-state index in [9.17, 15) is 8.42 Å². The highest BCUT2D eigenvalue weighted by atomic mass is 32.2. The Hall–Kier alpha value is -2.32. The van der Waals surface area contributed by atoms with E-state index in [0.29, 0.717) is 16.9 Å². The molecule has 7 nitrogen and oxygen atoms in total. The first-order chi connectivity index (χ1) is 9.98. The quantitative estimate of drug-likeness (QED) is 0.631. The van der Waals surface area contributed by atoms with Crippen LogP contribution in [0.15, 0.2) is 41.7 Å². The van der Waals surface area contributed by atoms with Crippen molar-refractivity contribution in [2.45, 2.75) is 11.4 Å². The maximum Gasteiger partial charge on any atom is 0.245 e. The van der Waals surface area contributed by atoms with Crippen LogP contribution in [0.4, 0.5) is 5.69 Å². The third-order valence-corrected chi connectivity index (χ3v) is 5.13. The summed E-state index contributed by atoms with van der Waals surface area (Å²) in [5, 5.41) is 0.585. The number of hydrogen-bond acceptors (Lipinski definition) is 4. The predicted octanol–water partition coefficient (Wildman–Crippen LogP) is 1.29. The Bertz CT molecular complexity index is 867. The number of fused-ring (bicyclic) bond motifs is 1. The molecule has 8 heteroatoms. The Morgan fingerprint density at radius 2 is 2.14 bits per heavy atom. The molecule has 0 radical (unpaired) electrons. The monoisotopic (exact) mass is 305 g/mol. The maximum absolute atomic E-state index is 12.7. The highest BCUT2D eigenvalue weighted by molar-refractivity contribution is 7.89. The number of rotatable bonds is 4. The first-order valence-corrected chi connectivity index (χ1v) is 7.73. The molecule has 0 saturated carbocycles. The van der Waals surface area contributed by atoms with Gasteiger partial charge < -0.3 is 15.7 Å². The van der Waals surface area contributed by atoms with Crippen LogP contribution in [0.25, 0.3) is 10.9 Å². The van der Waals surface area contributed by atoms with Crippen LogP contribution in [-0.4, -0.2) is 34.7 Å². The van der Waals surface area contributed by atoms with Crippen LogP contribution in [0, 0.1) is 0 Å². The van der Waals surface area contributed by atoms with Gasteiger partial charge in [-0.15, -0.1) is 0 Å². The second-order valence-corrected chi connectivity index (χ2v) is 6.77. The topological polar surface area (TPSA) is 108 Å². The Morgan fingerprint density at radius 3 is 2.86 bits per heavy atom. The Labute approximate surface area is 121 Å². The number of hydrogen-bond donors (Lipinski definition) is 3. The van der Waals surface area contributed by atoms with Gasteiger partial charge in [-0.25, -0.2) is 13.4 Å². The van der Waals surface area contributed by atoms with Gasteiger partial charge in [0.25, 0.3) is 0 Å². The summed E-state index contributed by atoms with van der Waals surface area (Å²) in [5.41, 5.74) is 6.99. The molecule has 3 rings (SSSR count). The summed E-state index contributed by atoms with van der Waals surface area (Å²) in [7, 11) is -2.11. The van der Waals surface area contributed by atoms with E-state index in [1.807, 2.05) is 0 Å². The highest BCUT2D eigenvalue weighted by Crippen LogP contribution is 2.27. The number of anilines is 1. The van der Waals surface area contributed by atoms with Crippen molar-refractivity contribution < 1.29 is 8.42 Å². The average molecular weight is 305 g/mol. The molecule has 0 unspecified atom stereocenters. The van der Waals surface area contributed by atoms with Gasteiger partial charge in [-0.2, -0.15) is 4.31 Å². The minimum atomic E-state index is -3.63. The summed E-state index contributed by atoms with van der Waals surface area (Å²) in [6.45, 7) is 0.171. The van der Waals surface area contributed by atoms with Crippen molar-refractivity contribution in [3.8, 4) is 0 Å². The third-order valence-electron chi connectivity index (χ3n) is 3.28. The fraction of sp³-hybridized carbons (Fsp3) is 0.154. The summed E-state index contributed by atoms with van der Waals surface area (Å²) < 4.78 is 26.6. The normalized spacial score (nSPS) is 12.3. The van der Waals surface area contributed by atoms with E-state index in [1.54, 1.807) is 30.6 Å². The number of nitrogen functional groups attached to an aromatic ring is 1. The zero-order valence-electron chi connectivity index (χ0n) is 11.4. The lowest BCUT2D eigenvalue weighted by Gasteiger charge is -2.15. The molecule has 2 aromatic heterocycles. The number of nitrogens with one attached hydrogen (secondary N) is 2. The molecule has 110 valence electrons. The van der Waals surface area contributed by atoms with Crippen LogP contribution >= 0.6 is 0 Å². The number of benzene rings is 1. The van der Waals surface area contributed by atoms with Crippen LogP contribution in [0.1, 0.15) is 5.82 Å². The van der Waals surface area contributed by atoms with Crippen molar-refractivity contribution in [2.75, 3.05) is 12.8 Å². The van der Waals surface area contributed by atoms with Gasteiger partial charge in [0.05, 0.1) is 6.54 Å². The number of imidazole rings is 1. The van der Waals surface area contributed by atoms with Gasteiger partial charge in [-0.1, -0.05) is 0 Å². The second-order valence-electron chi connectivity index (χ2n) is 4.75. The van der Waals surface area contributed by atoms with Crippen LogP contribution in [-0.2, 0) is 16.6 Å². The molecule has 1 aromatic carbocycles. The largest absolute Gasteiger partial charge is 0.399 e. The van der Waals surface area contributed by atoms with Gasteiger partial charge in [0.15, 0.2) is 0 Å². The predicted molar refractivity (Wildman–Crippen MR) is 80.0 cm³/mol. The molecule has 0 fully saturated rings. The first-order valence-electron chi connectivity index (χ1n) is 6.29. The van der Waals surface area contributed by atoms with Crippen molar-refractivity contribution in [2.24, 2.45) is 0 Å². The Kier molecular flexibility index (Phi) is 3.19. The fourth-order valence-corrected chi connectivity index (χ4v) is 3.46. The van der Waals surface area contributed by atoms with Gasteiger partial charge in [-0.05, 0) is 18.2 Å². The van der Waals surface area contributed by atoms with Crippen LogP contribution in [0.5, 0.6) is 0 Å². The summed E-state index contributed by atoms with van der Waals surface area (Å²) >= 11 is 0. The SMILES string of the molecule is CN(Cc1ncc[nH]1)S(=O)(=O)c1c[nH]c2ccc(N)cc12. The lowest BCUT2D eigenvalue weighted by molar-refractivity contribution is 0.459. The van der Waals surface area contributed by atoms with Crippen LogP contribution < -0.4 is 5.73 Å². The van der Waals surface area contributed by atoms with Crippen LogP contribution in [0.3, 0.4) is 0 Å². The molecule has 4 N–H and O–H groups in total. The summed E-state index contributed by atoms with van der Waals surface area (Å²) in [6, 6.07) is 5.14. The van der Waals surface area contributed by atoms with Crippen LogP contribution in [0.2, 0.25) is 0 Å². The van der Waals surface area contributed by atoms with E-state index in [1.165, 1.54) is 17.5 Å². The minimum absolute atomic E-state index is 0.171. The first kappa shape index (κ1) is 13.7. The number of nitrogens with zero attached hydrogens (tertiary/aromatic N) is 2. The number of aromatic amines is 2. The number of aromatic nitrogens is 3. The van der Waals surface area contributed by atoms with Gasteiger partial charge in [0.1, 0.15) is 10.7 Å². The lowest BCUT2D eigenvalue weighted by Crippen LogP contribution is -2.26. The molecule has 0 saturated heterocycles. The number of nitrogens with two attached hydrogens (primary N) is 1. The molecule has 0 aliphatic rings. The molecule has 0 atom stereocenters. The van der Waals surface area contributed by atoms with E-state index in [4.69, 9.17) is 5.73 Å². The minimum Gasteiger partial charge on any atom is -0.399 e. The second kappa shape index (κ2) is 4.90. The molecule has 0 aliphatic carbocycles. The van der Waals surface area contributed by atoms with E-state index >= 15 is 0 Å². The smallest absolute Gasteiger partial charge is 0.245 e. The Balaban J connectivity index is 2.01. The Morgan fingerprint density at radius 1 is 1.33 bits per heavy atom. The maximum atomic E-state index is 12.7. The molecule has 0 amide bonds. The van der Waals surface area contributed by atoms with Gasteiger partial charge in [0, 0.05) is 42.2 Å². The fourth-order valence-electron chi connectivity index (χ4n) is 2.17. The van der Waals surface area contributed by atoms with Crippen molar-refractivity contribution in [3.63, 3.8) is 0 Å². The van der Waals surface area contributed by atoms with E-state index in [-0.39, 0.29) is 11.4 Å². The third kappa shape index (κ3) is 2.39. The zero-order valence-corrected chi connectivity index (χ0v) is 12.2. The van der Waals surface area contributed by atoms with Gasteiger partial charge >= 0.3 is 0 Å². The van der Waals surface area contributed by atoms with Crippen molar-refractivity contribution in [1.29, 1.82) is 0 Å². The average Bonchev–Trinajstić information content (AvgIpc) is 3.07. The molecule has 0 spiro atoms.